The molecular formula is C26H31ClFN5O4. The maximum Gasteiger partial charge on any atom is 0.268 e. The van der Waals surface area contributed by atoms with Crippen LogP contribution in [0.1, 0.15) is 63.4 Å². The zero-order valence-electron chi connectivity index (χ0n) is 21.3. The summed E-state index contributed by atoms with van der Waals surface area (Å²) in [5, 5.41) is 18.4. The highest BCUT2D eigenvalue weighted by Gasteiger charge is 2.52. The van der Waals surface area contributed by atoms with Crippen LogP contribution >= 0.6 is 11.6 Å². The fourth-order valence-electron chi connectivity index (χ4n) is 4.94. The molecule has 0 bridgehead atoms. The Kier molecular flexibility index (Phi) is 7.12. The van der Waals surface area contributed by atoms with Crippen molar-refractivity contribution >= 4 is 40.2 Å². The van der Waals surface area contributed by atoms with E-state index in [0.717, 1.165) is 18.9 Å². The molecule has 1 aromatic carbocycles. The number of benzene rings is 1. The van der Waals surface area contributed by atoms with Gasteiger partial charge in [-0.1, -0.05) is 32.4 Å². The standard InChI is InChI=1S/C26H31ClFN5O4/c1-25(2,3)11-19(24(36)30-14(12-29)7-13-10-26(5-6-26)33-22(13)34)32-23(35)18-8-15-20(31-18)17(28)9-16(27)21(15)37-4/h8-9,13-14,19,31H,5-7,10-11H2,1-4H3,(H,30,36)(H,32,35)(H,33,34)/t13-,14+,19+/m1/s1. The van der Waals surface area contributed by atoms with Crippen molar-refractivity contribution in [3.8, 4) is 11.8 Å². The quantitative estimate of drug-likeness (QED) is 0.413. The fraction of sp³-hybridized carbons (Fsp3) is 0.538. The molecule has 11 heteroatoms. The molecule has 0 radical (unpaired) electrons. The van der Waals surface area contributed by atoms with E-state index in [-0.39, 0.29) is 57.6 Å². The fourth-order valence-corrected chi connectivity index (χ4v) is 5.21. The van der Waals surface area contributed by atoms with Crippen LogP contribution in [0, 0.1) is 28.5 Å². The predicted octanol–water partition coefficient (Wildman–Crippen LogP) is 3.57. The Balaban J connectivity index is 1.50. The van der Waals surface area contributed by atoms with Crippen molar-refractivity contribution < 1.29 is 23.5 Å². The Hall–Kier alpha value is -3.32. The summed E-state index contributed by atoms with van der Waals surface area (Å²) in [6.45, 7) is 5.76. The smallest absolute Gasteiger partial charge is 0.268 e. The molecule has 1 aliphatic heterocycles. The minimum atomic E-state index is -0.975. The first-order chi connectivity index (χ1) is 17.3. The van der Waals surface area contributed by atoms with Gasteiger partial charge in [0.05, 0.1) is 23.7 Å². The molecule has 1 spiro atoms. The molecule has 4 N–H and O–H groups in total. The van der Waals surface area contributed by atoms with E-state index >= 15 is 0 Å². The van der Waals surface area contributed by atoms with Gasteiger partial charge in [-0.15, -0.1) is 0 Å². The zero-order valence-corrected chi connectivity index (χ0v) is 22.0. The highest BCUT2D eigenvalue weighted by molar-refractivity contribution is 6.33. The van der Waals surface area contributed by atoms with Gasteiger partial charge in [0.1, 0.15) is 29.3 Å². The number of methoxy groups -OCH3 is 1. The number of carbonyl (C=O) groups excluding carboxylic acids is 3. The van der Waals surface area contributed by atoms with Gasteiger partial charge < -0.3 is 25.7 Å². The Labute approximate surface area is 219 Å². The van der Waals surface area contributed by atoms with Crippen molar-refractivity contribution in [2.24, 2.45) is 11.3 Å². The number of ether oxygens (including phenoxy) is 1. The molecule has 2 aliphatic rings. The van der Waals surface area contributed by atoms with Crippen LogP contribution in [-0.4, -0.2) is 47.4 Å². The highest BCUT2D eigenvalue weighted by atomic mass is 35.5. The maximum atomic E-state index is 14.5. The number of amides is 3. The van der Waals surface area contributed by atoms with Crippen LogP contribution in [0.2, 0.25) is 5.02 Å². The van der Waals surface area contributed by atoms with Crippen molar-refractivity contribution in [2.45, 2.75) is 70.5 Å². The first kappa shape index (κ1) is 26.7. The van der Waals surface area contributed by atoms with Crippen molar-refractivity contribution in [1.29, 1.82) is 5.26 Å². The van der Waals surface area contributed by atoms with Gasteiger partial charge in [-0.2, -0.15) is 5.26 Å². The minimum absolute atomic E-state index is 0.0235. The van der Waals surface area contributed by atoms with Crippen LogP contribution in [0.3, 0.4) is 0 Å². The van der Waals surface area contributed by atoms with E-state index in [9.17, 15) is 24.0 Å². The first-order valence-corrected chi connectivity index (χ1v) is 12.6. The third kappa shape index (κ3) is 5.82. The number of nitrogens with zero attached hydrogens (tertiary/aromatic N) is 1. The number of fused-ring (bicyclic) bond motifs is 1. The second-order valence-electron chi connectivity index (χ2n) is 11.2. The summed E-state index contributed by atoms with van der Waals surface area (Å²) in [7, 11) is 1.39. The number of rotatable bonds is 8. The number of aromatic nitrogens is 1. The summed E-state index contributed by atoms with van der Waals surface area (Å²) in [5.74, 6) is -2.02. The van der Waals surface area contributed by atoms with Gasteiger partial charge in [-0.05, 0) is 49.7 Å². The Morgan fingerprint density at radius 1 is 1.32 bits per heavy atom. The van der Waals surface area contributed by atoms with E-state index in [1.165, 1.54) is 13.2 Å². The van der Waals surface area contributed by atoms with E-state index < -0.39 is 29.7 Å². The number of hydrogen-bond donors (Lipinski definition) is 4. The first-order valence-electron chi connectivity index (χ1n) is 12.2. The van der Waals surface area contributed by atoms with Crippen LogP contribution in [0.15, 0.2) is 12.1 Å². The number of nitriles is 1. The van der Waals surface area contributed by atoms with E-state index in [0.29, 0.717) is 11.8 Å². The highest BCUT2D eigenvalue weighted by Crippen LogP contribution is 2.46. The zero-order chi connectivity index (χ0) is 27.1. The lowest BCUT2D eigenvalue weighted by molar-refractivity contribution is -0.125. The molecule has 3 atom stereocenters. The van der Waals surface area contributed by atoms with Gasteiger partial charge in [0.2, 0.25) is 11.8 Å². The Bertz CT molecular complexity index is 1290. The molecule has 1 saturated heterocycles. The molecule has 2 fully saturated rings. The lowest BCUT2D eigenvalue weighted by Crippen LogP contribution is -2.51. The predicted molar refractivity (Wildman–Crippen MR) is 136 cm³/mol. The van der Waals surface area contributed by atoms with Crippen LogP contribution in [-0.2, 0) is 9.59 Å². The molecule has 2 aromatic rings. The molecule has 1 saturated carbocycles. The lowest BCUT2D eigenvalue weighted by atomic mass is 9.87. The molecule has 2 heterocycles. The summed E-state index contributed by atoms with van der Waals surface area (Å²) < 4.78 is 19.7. The van der Waals surface area contributed by atoms with Gasteiger partial charge in [0.15, 0.2) is 0 Å². The summed E-state index contributed by atoms with van der Waals surface area (Å²) >= 11 is 6.06. The second kappa shape index (κ2) is 9.86. The topological polar surface area (TPSA) is 136 Å². The number of nitrogens with one attached hydrogen (secondary N) is 4. The number of halogens is 2. The molecule has 1 aromatic heterocycles. The van der Waals surface area contributed by atoms with E-state index in [4.69, 9.17) is 16.3 Å². The Morgan fingerprint density at radius 2 is 2.03 bits per heavy atom. The van der Waals surface area contributed by atoms with Gasteiger partial charge in [-0.25, -0.2) is 4.39 Å². The normalized spacial score (nSPS) is 19.7. The summed E-state index contributed by atoms with van der Waals surface area (Å²) in [6, 6.07) is 2.72. The van der Waals surface area contributed by atoms with Gasteiger partial charge >= 0.3 is 0 Å². The molecule has 198 valence electrons. The van der Waals surface area contributed by atoms with Crippen LogP contribution in [0.25, 0.3) is 10.9 Å². The minimum Gasteiger partial charge on any atom is -0.494 e. The average Bonchev–Trinajstić information content (AvgIpc) is 3.27. The molecule has 1 aliphatic carbocycles. The van der Waals surface area contributed by atoms with Crippen molar-refractivity contribution in [1.82, 2.24) is 20.9 Å². The van der Waals surface area contributed by atoms with E-state index in [1.54, 1.807) is 0 Å². The van der Waals surface area contributed by atoms with Gasteiger partial charge in [0.25, 0.3) is 5.91 Å². The van der Waals surface area contributed by atoms with E-state index in [2.05, 4.69) is 27.0 Å². The van der Waals surface area contributed by atoms with Crippen molar-refractivity contribution in [3.05, 3.63) is 28.7 Å². The largest absolute Gasteiger partial charge is 0.494 e. The van der Waals surface area contributed by atoms with Crippen molar-refractivity contribution in [2.75, 3.05) is 7.11 Å². The maximum absolute atomic E-state index is 14.5. The Morgan fingerprint density at radius 3 is 2.59 bits per heavy atom. The van der Waals surface area contributed by atoms with Crippen molar-refractivity contribution in [3.63, 3.8) is 0 Å². The third-order valence-corrected chi connectivity index (χ3v) is 7.18. The monoisotopic (exact) mass is 531 g/mol. The molecule has 4 rings (SSSR count). The lowest BCUT2D eigenvalue weighted by Gasteiger charge is -2.27. The van der Waals surface area contributed by atoms with Gasteiger partial charge in [0, 0.05) is 16.8 Å². The number of hydrogen-bond acceptors (Lipinski definition) is 5. The SMILES string of the molecule is COc1c(Cl)cc(F)c2[nH]c(C(=O)N[C@@H](CC(C)(C)C)C(=O)N[C@H](C#N)C[C@@H]3CC4(CC4)NC3=O)cc12. The molecule has 3 amide bonds. The number of aromatic amines is 1. The van der Waals surface area contributed by atoms with Crippen LogP contribution in [0.5, 0.6) is 5.75 Å². The summed E-state index contributed by atoms with van der Waals surface area (Å²) in [5.41, 5.74) is -0.392. The number of H-pyrrole nitrogens is 1. The van der Waals surface area contributed by atoms with Crippen LogP contribution in [0.4, 0.5) is 4.39 Å². The molecule has 37 heavy (non-hydrogen) atoms. The van der Waals surface area contributed by atoms with E-state index in [1.807, 2.05) is 20.8 Å². The second-order valence-corrected chi connectivity index (χ2v) is 11.6. The van der Waals surface area contributed by atoms with Crippen LogP contribution < -0.4 is 20.7 Å². The molecular weight excluding hydrogens is 501 g/mol. The molecule has 9 nitrogen and oxygen atoms in total. The molecule has 0 unspecified atom stereocenters. The number of carbonyl (C=O) groups is 3. The third-order valence-electron chi connectivity index (χ3n) is 6.90. The van der Waals surface area contributed by atoms with Gasteiger partial charge in [-0.3, -0.25) is 14.4 Å². The summed E-state index contributed by atoms with van der Waals surface area (Å²) in [4.78, 5) is 41.4. The average molecular weight is 532 g/mol. The summed E-state index contributed by atoms with van der Waals surface area (Å²) in [6.07, 6.45) is 3.02.